The lowest BCUT2D eigenvalue weighted by Gasteiger charge is -2.32. The van der Waals surface area contributed by atoms with Crippen molar-refractivity contribution in [2.75, 3.05) is 20.6 Å². The van der Waals surface area contributed by atoms with Gasteiger partial charge in [-0.05, 0) is 68.7 Å². The van der Waals surface area contributed by atoms with Gasteiger partial charge in [0.15, 0.2) is 0 Å². The summed E-state index contributed by atoms with van der Waals surface area (Å²) in [7, 11) is 4.02. The fraction of sp³-hybridized carbons (Fsp3) is 0.462. The molecule has 1 rings (SSSR count). The Hall–Kier alpha value is -0.140. The normalized spacial score (nSPS) is 11.7. The van der Waals surface area contributed by atoms with Gasteiger partial charge in [0.05, 0.1) is 5.56 Å². The Balaban J connectivity index is 2.75. The smallest absolute Gasteiger partial charge is 0.252 e. The van der Waals surface area contributed by atoms with Gasteiger partial charge in [-0.2, -0.15) is 0 Å². The van der Waals surface area contributed by atoms with Gasteiger partial charge in [-0.25, -0.2) is 0 Å². The zero-order valence-electron chi connectivity index (χ0n) is 11.1. The van der Waals surface area contributed by atoms with Gasteiger partial charge in [0, 0.05) is 20.1 Å². The number of hydrogen-bond donors (Lipinski definition) is 1. The van der Waals surface area contributed by atoms with Crippen LogP contribution in [-0.4, -0.2) is 37.0 Å². The molecule has 0 aliphatic heterocycles. The average Bonchev–Trinajstić information content (AvgIpc) is 2.29. The van der Waals surface area contributed by atoms with Gasteiger partial charge < -0.3 is 10.2 Å². The second-order valence-electron chi connectivity index (χ2n) is 5.01. The molecule has 0 saturated carbocycles. The zero-order valence-corrected chi connectivity index (χ0v) is 14.8. The van der Waals surface area contributed by atoms with Crippen molar-refractivity contribution in [3.63, 3.8) is 0 Å². The minimum atomic E-state index is -0.0624. The molecule has 5 heteroatoms. The topological polar surface area (TPSA) is 32.3 Å². The van der Waals surface area contributed by atoms with E-state index in [1.54, 1.807) is 0 Å². The Labute approximate surface area is 131 Å². The second-order valence-corrected chi connectivity index (χ2v) is 7.09. The molecule has 100 valence electrons. The van der Waals surface area contributed by atoms with Crippen LogP contribution in [0.3, 0.4) is 0 Å². The maximum absolute atomic E-state index is 12.1. The molecule has 1 aromatic carbocycles. The molecule has 0 heterocycles. The summed E-state index contributed by atoms with van der Waals surface area (Å²) in [5.74, 6) is -0.0318. The van der Waals surface area contributed by atoms with Crippen molar-refractivity contribution in [1.29, 1.82) is 0 Å². The lowest BCUT2D eigenvalue weighted by atomic mass is 10.0. The predicted molar refractivity (Wildman–Crippen MR) is 87.0 cm³/mol. The van der Waals surface area contributed by atoms with Crippen LogP contribution < -0.4 is 5.32 Å². The predicted octanol–water partition coefficient (Wildman–Crippen LogP) is 3.12. The lowest BCUT2D eigenvalue weighted by molar-refractivity contribution is 0.0919. The van der Waals surface area contributed by atoms with E-state index in [1.807, 2.05) is 32.3 Å². The molecule has 1 aromatic rings. The van der Waals surface area contributed by atoms with Crippen LogP contribution in [0.1, 0.15) is 24.2 Å². The average molecular weight is 425 g/mol. The lowest BCUT2D eigenvalue weighted by Crippen LogP contribution is -2.48. The summed E-state index contributed by atoms with van der Waals surface area (Å²) in [4.78, 5) is 14.2. The van der Waals surface area contributed by atoms with Crippen molar-refractivity contribution in [3.8, 4) is 0 Å². The van der Waals surface area contributed by atoms with Crippen molar-refractivity contribution in [2.24, 2.45) is 0 Å². The maximum Gasteiger partial charge on any atom is 0.252 e. The van der Waals surface area contributed by atoms with Crippen LogP contribution in [-0.2, 0) is 0 Å². The Morgan fingerprint density at radius 2 is 2.06 bits per heavy atom. The summed E-state index contributed by atoms with van der Waals surface area (Å²) >= 11 is 5.56. The third-order valence-corrected chi connectivity index (χ3v) is 4.50. The number of carbonyl (C=O) groups is 1. The monoisotopic (exact) mass is 424 g/mol. The van der Waals surface area contributed by atoms with Crippen LogP contribution in [0.15, 0.2) is 22.7 Å². The largest absolute Gasteiger partial charge is 0.350 e. The van der Waals surface area contributed by atoms with E-state index in [0.717, 1.165) is 8.04 Å². The summed E-state index contributed by atoms with van der Waals surface area (Å²) in [5, 5.41) is 2.98. The maximum atomic E-state index is 12.1. The molecular weight excluding hydrogens is 407 g/mol. The molecule has 0 aliphatic rings. The van der Waals surface area contributed by atoms with Gasteiger partial charge >= 0.3 is 0 Å². The summed E-state index contributed by atoms with van der Waals surface area (Å²) in [6, 6.07) is 5.71. The molecule has 0 fully saturated rings. The number of nitrogens with one attached hydrogen (secondary N) is 1. The van der Waals surface area contributed by atoms with Crippen LogP contribution >= 0.6 is 38.5 Å². The molecule has 0 saturated heterocycles. The first-order valence-corrected chi connectivity index (χ1v) is 7.52. The third kappa shape index (κ3) is 4.20. The minimum Gasteiger partial charge on any atom is -0.350 e. The van der Waals surface area contributed by atoms with E-state index >= 15 is 0 Å². The molecule has 0 atom stereocenters. The molecule has 3 nitrogen and oxygen atoms in total. The summed E-state index contributed by atoms with van der Waals surface area (Å²) < 4.78 is 1.87. The SMILES string of the molecule is CN(C)C(C)(C)CNC(=O)c1cc(Br)ccc1I. The number of halogens is 2. The molecule has 0 radical (unpaired) electrons. The Morgan fingerprint density at radius 3 is 2.61 bits per heavy atom. The highest BCUT2D eigenvalue weighted by molar-refractivity contribution is 14.1. The van der Waals surface area contributed by atoms with Crippen molar-refractivity contribution < 1.29 is 4.79 Å². The summed E-state index contributed by atoms with van der Waals surface area (Å²) in [6.45, 7) is 4.81. The molecule has 0 bridgehead atoms. The van der Waals surface area contributed by atoms with E-state index in [9.17, 15) is 4.79 Å². The molecule has 0 unspecified atom stereocenters. The van der Waals surface area contributed by atoms with Crippen LogP contribution in [0.25, 0.3) is 0 Å². The molecule has 1 amide bonds. The first-order chi connectivity index (χ1) is 8.24. The molecule has 18 heavy (non-hydrogen) atoms. The van der Waals surface area contributed by atoms with E-state index in [4.69, 9.17) is 0 Å². The number of benzene rings is 1. The fourth-order valence-electron chi connectivity index (χ4n) is 1.22. The number of likely N-dealkylation sites (N-methyl/N-ethyl adjacent to an activating group) is 1. The van der Waals surface area contributed by atoms with Crippen LogP contribution in [0.2, 0.25) is 0 Å². The van der Waals surface area contributed by atoms with Crippen molar-refractivity contribution >= 4 is 44.4 Å². The van der Waals surface area contributed by atoms with E-state index in [0.29, 0.717) is 12.1 Å². The number of rotatable bonds is 4. The van der Waals surface area contributed by atoms with E-state index < -0.39 is 0 Å². The number of carbonyl (C=O) groups excluding carboxylic acids is 1. The fourth-order valence-corrected chi connectivity index (χ4v) is 2.16. The van der Waals surface area contributed by atoms with Crippen molar-refractivity contribution in [2.45, 2.75) is 19.4 Å². The second kappa shape index (κ2) is 6.34. The highest BCUT2D eigenvalue weighted by Gasteiger charge is 2.21. The van der Waals surface area contributed by atoms with E-state index in [-0.39, 0.29) is 11.4 Å². The zero-order chi connectivity index (χ0) is 13.9. The highest BCUT2D eigenvalue weighted by Crippen LogP contribution is 2.18. The quantitative estimate of drug-likeness (QED) is 0.753. The summed E-state index contributed by atoms with van der Waals surface area (Å²) in [6.07, 6.45) is 0. The molecule has 0 aromatic heterocycles. The van der Waals surface area contributed by atoms with Crippen LogP contribution in [0, 0.1) is 3.57 Å². The molecule has 0 spiro atoms. The van der Waals surface area contributed by atoms with Gasteiger partial charge in [-0.15, -0.1) is 0 Å². The van der Waals surface area contributed by atoms with Gasteiger partial charge in [-0.1, -0.05) is 15.9 Å². The van der Waals surface area contributed by atoms with Crippen LogP contribution in [0.5, 0.6) is 0 Å². The molecular formula is C13H18BrIN2O. The van der Waals surface area contributed by atoms with Gasteiger partial charge in [0.25, 0.3) is 5.91 Å². The highest BCUT2D eigenvalue weighted by atomic mass is 127. The van der Waals surface area contributed by atoms with Gasteiger partial charge in [0.2, 0.25) is 0 Å². The Bertz CT molecular complexity index is 447. The van der Waals surface area contributed by atoms with E-state index in [1.165, 1.54) is 0 Å². The molecule has 1 N–H and O–H groups in total. The van der Waals surface area contributed by atoms with Gasteiger partial charge in [0.1, 0.15) is 0 Å². The third-order valence-electron chi connectivity index (χ3n) is 3.07. The standard InChI is InChI=1S/C13H18BrIN2O/c1-13(2,17(3)4)8-16-12(18)10-7-9(14)5-6-11(10)15/h5-7H,8H2,1-4H3,(H,16,18). The summed E-state index contributed by atoms with van der Waals surface area (Å²) in [5.41, 5.74) is 0.646. The Morgan fingerprint density at radius 1 is 1.44 bits per heavy atom. The minimum absolute atomic E-state index is 0.0318. The number of amides is 1. The first kappa shape index (κ1) is 15.9. The van der Waals surface area contributed by atoms with Crippen molar-refractivity contribution in [1.82, 2.24) is 10.2 Å². The van der Waals surface area contributed by atoms with Gasteiger partial charge in [-0.3, -0.25) is 4.79 Å². The Kier molecular flexibility index (Phi) is 5.61. The first-order valence-electron chi connectivity index (χ1n) is 5.65. The van der Waals surface area contributed by atoms with Crippen molar-refractivity contribution in [3.05, 3.63) is 31.8 Å². The molecule has 0 aliphatic carbocycles. The van der Waals surface area contributed by atoms with Crippen LogP contribution in [0.4, 0.5) is 0 Å². The number of nitrogens with zero attached hydrogens (tertiary/aromatic N) is 1. The van der Waals surface area contributed by atoms with E-state index in [2.05, 4.69) is 62.6 Å². The number of hydrogen-bond acceptors (Lipinski definition) is 2.